The van der Waals surface area contributed by atoms with Crippen LogP contribution in [0.5, 0.6) is 0 Å². The van der Waals surface area contributed by atoms with Gasteiger partial charge in [0.05, 0.1) is 17.1 Å². The van der Waals surface area contributed by atoms with E-state index in [4.69, 9.17) is 0 Å². The highest BCUT2D eigenvalue weighted by atomic mass is 32.2. The van der Waals surface area contributed by atoms with Gasteiger partial charge in [0, 0.05) is 11.1 Å². The number of hydrogen-bond donors (Lipinski definition) is 2. The molecule has 0 amide bonds. The van der Waals surface area contributed by atoms with E-state index in [0.717, 1.165) is 29.1 Å². The van der Waals surface area contributed by atoms with Gasteiger partial charge >= 0.3 is 0 Å². The largest absolute Gasteiger partial charge is 0.385 e. The van der Waals surface area contributed by atoms with Crippen molar-refractivity contribution in [2.45, 2.75) is 37.9 Å². The summed E-state index contributed by atoms with van der Waals surface area (Å²) in [5, 5.41) is 11.3. The lowest BCUT2D eigenvalue weighted by Gasteiger charge is -2.29. The number of benzene rings is 4. The number of anilines is 1. The molecule has 0 spiro atoms. The van der Waals surface area contributed by atoms with Gasteiger partial charge in [-0.05, 0) is 43.7 Å². The van der Waals surface area contributed by atoms with Crippen LogP contribution in [0.25, 0.3) is 0 Å². The molecule has 4 aromatic carbocycles. The maximum absolute atomic E-state index is 13.8. The summed E-state index contributed by atoms with van der Waals surface area (Å²) in [7, 11) is -3.87. The standard InChI is InChI=1S/C31H34N2O3S/c1-25-16-18-31(19-17-25)37(35,36)33(29-15-9-10-26(2)20-29)24-30(34)23-32(21-27-11-5-3-6-12-27)22-28-13-7-4-8-14-28/h3-20,30,34H,21-24H2,1-2H3/p+1/t30-/m1/s1. The van der Waals surface area contributed by atoms with E-state index < -0.39 is 16.1 Å². The van der Waals surface area contributed by atoms with E-state index in [2.05, 4.69) is 24.3 Å². The van der Waals surface area contributed by atoms with Gasteiger partial charge in [-0.15, -0.1) is 0 Å². The second kappa shape index (κ2) is 12.2. The molecule has 0 aliphatic carbocycles. The lowest BCUT2D eigenvalue weighted by Crippen LogP contribution is -3.10. The number of hydrogen-bond acceptors (Lipinski definition) is 3. The van der Waals surface area contributed by atoms with Crippen molar-refractivity contribution in [2.24, 2.45) is 0 Å². The van der Waals surface area contributed by atoms with Crippen LogP contribution >= 0.6 is 0 Å². The SMILES string of the molecule is Cc1ccc(S(=O)(=O)N(C[C@H](O)C[NH+](Cc2ccccc2)Cc2ccccc2)c2cccc(C)c2)cc1. The number of nitrogens with one attached hydrogen (secondary N) is 1. The van der Waals surface area contributed by atoms with E-state index in [1.807, 2.05) is 68.4 Å². The minimum Gasteiger partial charge on any atom is -0.385 e. The number of aliphatic hydroxyl groups is 1. The average Bonchev–Trinajstić information content (AvgIpc) is 2.88. The number of sulfonamides is 1. The maximum atomic E-state index is 13.8. The molecule has 192 valence electrons. The third-order valence-corrected chi connectivity index (χ3v) is 8.20. The molecule has 0 aromatic heterocycles. The fourth-order valence-electron chi connectivity index (χ4n) is 4.53. The van der Waals surface area contributed by atoms with Gasteiger partial charge in [-0.25, -0.2) is 8.42 Å². The maximum Gasteiger partial charge on any atom is 0.264 e. The van der Waals surface area contributed by atoms with E-state index in [9.17, 15) is 13.5 Å². The Kier molecular flexibility index (Phi) is 8.77. The number of rotatable bonds is 11. The molecule has 0 aliphatic heterocycles. The van der Waals surface area contributed by atoms with Crippen molar-refractivity contribution in [2.75, 3.05) is 17.4 Å². The van der Waals surface area contributed by atoms with Gasteiger partial charge in [0.15, 0.2) is 0 Å². The summed E-state index contributed by atoms with van der Waals surface area (Å²) < 4.78 is 28.9. The second-order valence-corrected chi connectivity index (χ2v) is 11.5. The quantitative estimate of drug-likeness (QED) is 0.316. The van der Waals surface area contributed by atoms with Gasteiger partial charge in [-0.1, -0.05) is 90.5 Å². The Labute approximate surface area is 220 Å². The Morgan fingerprint density at radius 1 is 0.730 bits per heavy atom. The Hall–Kier alpha value is -3.45. The molecule has 37 heavy (non-hydrogen) atoms. The summed E-state index contributed by atoms with van der Waals surface area (Å²) in [6.07, 6.45) is -0.872. The Morgan fingerprint density at radius 3 is 1.84 bits per heavy atom. The van der Waals surface area contributed by atoms with Crippen molar-refractivity contribution in [1.29, 1.82) is 0 Å². The number of quaternary nitrogens is 1. The fraction of sp³-hybridized carbons (Fsp3) is 0.226. The number of aliphatic hydroxyl groups excluding tert-OH is 1. The van der Waals surface area contributed by atoms with Crippen molar-refractivity contribution >= 4 is 15.7 Å². The molecule has 0 aliphatic rings. The number of nitrogens with zero attached hydrogens (tertiary/aromatic N) is 1. The highest BCUT2D eigenvalue weighted by molar-refractivity contribution is 7.92. The monoisotopic (exact) mass is 515 g/mol. The van der Waals surface area contributed by atoms with Gasteiger partial charge in [0.1, 0.15) is 25.7 Å². The molecule has 0 unspecified atom stereocenters. The Bertz CT molecular complexity index is 1330. The van der Waals surface area contributed by atoms with Gasteiger partial charge in [0.25, 0.3) is 10.0 Å². The summed E-state index contributed by atoms with van der Waals surface area (Å²) >= 11 is 0. The van der Waals surface area contributed by atoms with Crippen molar-refractivity contribution in [3.8, 4) is 0 Å². The molecule has 1 atom stereocenters. The molecule has 0 saturated carbocycles. The highest BCUT2D eigenvalue weighted by Crippen LogP contribution is 2.25. The van der Waals surface area contributed by atoms with Gasteiger partial charge in [0.2, 0.25) is 0 Å². The molecular weight excluding hydrogens is 480 g/mol. The van der Waals surface area contributed by atoms with Crippen molar-refractivity contribution in [3.05, 3.63) is 131 Å². The summed E-state index contributed by atoms with van der Waals surface area (Å²) in [6, 6.07) is 34.6. The van der Waals surface area contributed by atoms with E-state index in [0.29, 0.717) is 12.2 Å². The van der Waals surface area contributed by atoms with E-state index >= 15 is 0 Å². The first kappa shape index (κ1) is 26.6. The van der Waals surface area contributed by atoms with Crippen LogP contribution < -0.4 is 9.21 Å². The first-order chi connectivity index (χ1) is 17.8. The van der Waals surface area contributed by atoms with E-state index in [1.165, 1.54) is 15.4 Å². The minimum absolute atomic E-state index is 0.0350. The summed E-state index contributed by atoms with van der Waals surface area (Å²) in [4.78, 5) is 1.37. The van der Waals surface area contributed by atoms with Gasteiger partial charge < -0.3 is 10.0 Å². The third kappa shape index (κ3) is 7.29. The van der Waals surface area contributed by atoms with Crippen LogP contribution in [-0.4, -0.2) is 32.7 Å². The van der Waals surface area contributed by atoms with Crippen LogP contribution in [0.2, 0.25) is 0 Å². The molecule has 0 saturated heterocycles. The van der Waals surface area contributed by atoms with Gasteiger partial charge in [-0.3, -0.25) is 4.31 Å². The molecule has 0 heterocycles. The van der Waals surface area contributed by atoms with Crippen LogP contribution in [0.1, 0.15) is 22.3 Å². The van der Waals surface area contributed by atoms with E-state index in [1.54, 1.807) is 30.3 Å². The molecule has 0 radical (unpaired) electrons. The summed E-state index contributed by atoms with van der Waals surface area (Å²) in [6.45, 7) is 5.67. The lowest BCUT2D eigenvalue weighted by atomic mass is 10.1. The van der Waals surface area contributed by atoms with Crippen LogP contribution in [0.4, 0.5) is 5.69 Å². The van der Waals surface area contributed by atoms with Crippen molar-refractivity contribution in [1.82, 2.24) is 0 Å². The molecule has 5 nitrogen and oxygen atoms in total. The van der Waals surface area contributed by atoms with Crippen molar-refractivity contribution < 1.29 is 18.4 Å². The van der Waals surface area contributed by atoms with E-state index in [-0.39, 0.29) is 11.4 Å². The molecule has 6 heteroatoms. The molecule has 0 fully saturated rings. The predicted octanol–water partition coefficient (Wildman–Crippen LogP) is 4.14. The summed E-state index contributed by atoms with van der Waals surface area (Å²) in [5.41, 5.74) is 4.83. The highest BCUT2D eigenvalue weighted by Gasteiger charge is 2.29. The average molecular weight is 516 g/mol. The predicted molar refractivity (Wildman–Crippen MR) is 149 cm³/mol. The third-order valence-electron chi connectivity index (χ3n) is 6.39. The molecule has 4 rings (SSSR count). The zero-order chi connectivity index (χ0) is 26.3. The topological polar surface area (TPSA) is 62.0 Å². The fourth-order valence-corrected chi connectivity index (χ4v) is 6.02. The Morgan fingerprint density at radius 2 is 1.30 bits per heavy atom. The van der Waals surface area contributed by atoms with Crippen LogP contribution in [0, 0.1) is 13.8 Å². The first-order valence-electron chi connectivity index (χ1n) is 12.6. The molecule has 4 aromatic rings. The molecule has 0 bridgehead atoms. The Balaban J connectivity index is 1.60. The van der Waals surface area contributed by atoms with Crippen LogP contribution in [0.3, 0.4) is 0 Å². The van der Waals surface area contributed by atoms with Crippen molar-refractivity contribution in [3.63, 3.8) is 0 Å². The zero-order valence-electron chi connectivity index (χ0n) is 21.4. The number of aryl methyl sites for hydroxylation is 2. The minimum atomic E-state index is -3.87. The summed E-state index contributed by atoms with van der Waals surface area (Å²) in [5.74, 6) is 0. The molecule has 2 N–H and O–H groups in total. The first-order valence-corrected chi connectivity index (χ1v) is 14.0. The zero-order valence-corrected chi connectivity index (χ0v) is 22.2. The van der Waals surface area contributed by atoms with Crippen LogP contribution in [-0.2, 0) is 23.1 Å². The lowest BCUT2D eigenvalue weighted by molar-refractivity contribution is -0.930. The van der Waals surface area contributed by atoms with Gasteiger partial charge in [-0.2, -0.15) is 0 Å². The second-order valence-electron chi connectivity index (χ2n) is 9.62. The normalized spacial score (nSPS) is 12.4. The van der Waals surface area contributed by atoms with Crippen LogP contribution in [0.15, 0.2) is 114 Å². The molecular formula is C31H35N2O3S+. The smallest absolute Gasteiger partial charge is 0.264 e.